The fraction of sp³-hybridized carbons (Fsp3) is 0.500. The minimum absolute atomic E-state index is 0.247. The van der Waals surface area contributed by atoms with E-state index in [1.165, 1.54) is 4.88 Å². The summed E-state index contributed by atoms with van der Waals surface area (Å²) in [7, 11) is 2.03. The van der Waals surface area contributed by atoms with E-state index in [2.05, 4.69) is 44.4 Å². The van der Waals surface area contributed by atoms with Crippen molar-refractivity contribution >= 4 is 33.1 Å². The number of hydrogen-bond donors (Lipinski definition) is 2. The van der Waals surface area contributed by atoms with Crippen molar-refractivity contribution in [1.29, 1.82) is 0 Å². The summed E-state index contributed by atoms with van der Waals surface area (Å²) < 4.78 is 1.12. The van der Waals surface area contributed by atoms with Crippen molar-refractivity contribution in [2.75, 3.05) is 7.05 Å². The fourth-order valence-corrected chi connectivity index (χ4v) is 2.85. The van der Waals surface area contributed by atoms with Crippen LogP contribution in [0.1, 0.15) is 18.2 Å². The van der Waals surface area contributed by atoms with Crippen LogP contribution >= 0.6 is 27.3 Å². The van der Waals surface area contributed by atoms with Crippen LogP contribution in [0.5, 0.6) is 0 Å². The first-order valence-corrected chi connectivity index (χ1v) is 6.59. The van der Waals surface area contributed by atoms with Gasteiger partial charge >= 0.3 is 0 Å². The number of oxime groups is 1. The lowest BCUT2D eigenvalue weighted by atomic mass is 10.2. The SMILES string of the molecule is CC(CC(N)=NO)N(C)Cc1cc(Br)cs1. The van der Waals surface area contributed by atoms with Crippen molar-refractivity contribution in [2.45, 2.75) is 25.9 Å². The zero-order valence-corrected chi connectivity index (χ0v) is 11.8. The smallest absolute Gasteiger partial charge is 0.140 e. The predicted octanol–water partition coefficient (Wildman–Crippen LogP) is 2.47. The van der Waals surface area contributed by atoms with Crippen LogP contribution in [0.3, 0.4) is 0 Å². The number of hydrogen-bond acceptors (Lipinski definition) is 4. The van der Waals surface area contributed by atoms with E-state index in [9.17, 15) is 0 Å². The predicted molar refractivity (Wildman–Crippen MR) is 71.0 cm³/mol. The molecule has 1 heterocycles. The molecule has 4 nitrogen and oxygen atoms in total. The summed E-state index contributed by atoms with van der Waals surface area (Å²) in [6.45, 7) is 2.93. The molecule has 1 aromatic rings. The molecular formula is C10H16BrN3OS. The maximum Gasteiger partial charge on any atom is 0.140 e. The molecular weight excluding hydrogens is 290 g/mol. The molecule has 1 rings (SSSR count). The second-order valence-electron chi connectivity index (χ2n) is 3.79. The van der Waals surface area contributed by atoms with Crippen LogP contribution in [0.25, 0.3) is 0 Å². The van der Waals surface area contributed by atoms with Gasteiger partial charge in [0.25, 0.3) is 0 Å². The highest BCUT2D eigenvalue weighted by atomic mass is 79.9. The molecule has 0 amide bonds. The summed E-state index contributed by atoms with van der Waals surface area (Å²) in [6, 6.07) is 2.36. The molecule has 0 aliphatic heterocycles. The number of rotatable bonds is 5. The Balaban J connectivity index is 2.48. The van der Waals surface area contributed by atoms with Crippen LogP contribution in [0, 0.1) is 0 Å². The molecule has 16 heavy (non-hydrogen) atoms. The van der Waals surface area contributed by atoms with Gasteiger partial charge in [-0.2, -0.15) is 0 Å². The maximum atomic E-state index is 8.50. The normalized spacial score (nSPS) is 14.4. The lowest BCUT2D eigenvalue weighted by Crippen LogP contribution is -2.32. The van der Waals surface area contributed by atoms with Gasteiger partial charge in [0, 0.05) is 33.7 Å². The van der Waals surface area contributed by atoms with Crippen LogP contribution in [0.15, 0.2) is 21.1 Å². The molecule has 1 atom stereocenters. The molecule has 0 saturated carbocycles. The van der Waals surface area contributed by atoms with E-state index in [-0.39, 0.29) is 11.9 Å². The summed E-state index contributed by atoms with van der Waals surface area (Å²) in [4.78, 5) is 3.47. The zero-order chi connectivity index (χ0) is 12.1. The van der Waals surface area contributed by atoms with Crippen molar-refractivity contribution in [2.24, 2.45) is 10.9 Å². The van der Waals surface area contributed by atoms with Gasteiger partial charge in [-0.25, -0.2) is 0 Å². The highest BCUT2D eigenvalue weighted by Crippen LogP contribution is 2.21. The van der Waals surface area contributed by atoms with Gasteiger partial charge in [0.15, 0.2) is 0 Å². The largest absolute Gasteiger partial charge is 0.409 e. The van der Waals surface area contributed by atoms with E-state index >= 15 is 0 Å². The monoisotopic (exact) mass is 305 g/mol. The Hall–Kier alpha value is -0.590. The van der Waals surface area contributed by atoms with Crippen LogP contribution in [-0.2, 0) is 6.54 Å². The van der Waals surface area contributed by atoms with Gasteiger partial charge < -0.3 is 10.9 Å². The molecule has 3 N–H and O–H groups in total. The first-order valence-electron chi connectivity index (χ1n) is 4.92. The van der Waals surface area contributed by atoms with Crippen molar-refractivity contribution < 1.29 is 5.21 Å². The van der Waals surface area contributed by atoms with Gasteiger partial charge in [-0.1, -0.05) is 5.16 Å². The molecule has 0 aliphatic carbocycles. The minimum Gasteiger partial charge on any atom is -0.409 e. The average Bonchev–Trinajstić information content (AvgIpc) is 2.63. The molecule has 0 fully saturated rings. The Morgan fingerprint density at radius 2 is 2.44 bits per heavy atom. The number of nitrogens with two attached hydrogens (primary N) is 1. The second-order valence-corrected chi connectivity index (χ2v) is 5.70. The van der Waals surface area contributed by atoms with Crippen LogP contribution < -0.4 is 5.73 Å². The van der Waals surface area contributed by atoms with Crippen LogP contribution in [0.2, 0.25) is 0 Å². The highest BCUT2D eigenvalue weighted by Gasteiger charge is 2.12. The lowest BCUT2D eigenvalue weighted by molar-refractivity contribution is 0.253. The molecule has 0 aliphatic rings. The Morgan fingerprint density at radius 1 is 1.75 bits per heavy atom. The first-order chi connectivity index (χ1) is 7.52. The van der Waals surface area contributed by atoms with Crippen molar-refractivity contribution in [3.05, 3.63) is 20.8 Å². The highest BCUT2D eigenvalue weighted by molar-refractivity contribution is 9.10. The quantitative estimate of drug-likeness (QED) is 0.380. The first kappa shape index (κ1) is 13.5. The Bertz CT molecular complexity index is 367. The summed E-state index contributed by atoms with van der Waals surface area (Å²) in [5, 5.41) is 13.6. The number of halogens is 1. The number of thiophene rings is 1. The van der Waals surface area contributed by atoms with Gasteiger partial charge in [0.2, 0.25) is 0 Å². The van der Waals surface area contributed by atoms with Gasteiger partial charge in [-0.15, -0.1) is 11.3 Å². The molecule has 0 spiro atoms. The molecule has 1 aromatic heterocycles. The summed E-state index contributed by atoms with van der Waals surface area (Å²) in [5.41, 5.74) is 5.48. The lowest BCUT2D eigenvalue weighted by Gasteiger charge is -2.23. The van der Waals surface area contributed by atoms with Gasteiger partial charge in [0.1, 0.15) is 5.84 Å². The molecule has 6 heteroatoms. The summed E-state index contributed by atoms with van der Waals surface area (Å²) in [5.74, 6) is 0.270. The maximum absolute atomic E-state index is 8.50. The van der Waals surface area contributed by atoms with E-state index in [1.807, 2.05) is 7.05 Å². The third kappa shape index (κ3) is 4.11. The van der Waals surface area contributed by atoms with E-state index in [4.69, 9.17) is 10.9 Å². The van der Waals surface area contributed by atoms with E-state index in [0.29, 0.717) is 6.42 Å². The third-order valence-electron chi connectivity index (χ3n) is 2.41. The van der Waals surface area contributed by atoms with E-state index < -0.39 is 0 Å². The van der Waals surface area contributed by atoms with E-state index in [1.54, 1.807) is 11.3 Å². The van der Waals surface area contributed by atoms with Crippen molar-refractivity contribution in [3.8, 4) is 0 Å². The standard InChI is InChI=1S/C10H16BrN3OS/c1-7(3-10(12)13-15)14(2)5-9-4-8(11)6-16-9/h4,6-7,15H,3,5H2,1-2H3,(H2,12,13). The molecule has 1 unspecified atom stereocenters. The number of nitrogens with zero attached hydrogens (tertiary/aromatic N) is 2. The van der Waals surface area contributed by atoms with Crippen LogP contribution in [0.4, 0.5) is 0 Å². The number of amidine groups is 1. The zero-order valence-electron chi connectivity index (χ0n) is 9.35. The molecule has 0 radical (unpaired) electrons. The van der Waals surface area contributed by atoms with Crippen molar-refractivity contribution in [1.82, 2.24) is 4.90 Å². The average molecular weight is 306 g/mol. The summed E-state index contributed by atoms with van der Waals surface area (Å²) in [6.07, 6.45) is 0.569. The van der Waals surface area contributed by atoms with Crippen molar-refractivity contribution in [3.63, 3.8) is 0 Å². The topological polar surface area (TPSA) is 61.9 Å². The summed E-state index contributed by atoms with van der Waals surface area (Å²) >= 11 is 5.15. The van der Waals surface area contributed by atoms with Gasteiger partial charge in [0.05, 0.1) is 0 Å². The molecule has 0 saturated heterocycles. The third-order valence-corrected chi connectivity index (χ3v) is 4.09. The van der Waals surface area contributed by atoms with E-state index in [0.717, 1.165) is 11.0 Å². The van der Waals surface area contributed by atoms with Gasteiger partial charge in [-0.3, -0.25) is 4.90 Å². The minimum atomic E-state index is 0.247. The fourth-order valence-electron chi connectivity index (χ4n) is 1.34. The molecule has 0 bridgehead atoms. The second kappa shape index (κ2) is 6.22. The Labute approximate surface area is 108 Å². The molecule has 90 valence electrons. The molecule has 0 aromatic carbocycles. The van der Waals surface area contributed by atoms with Crippen LogP contribution in [-0.4, -0.2) is 29.0 Å². The van der Waals surface area contributed by atoms with Gasteiger partial charge in [-0.05, 0) is 36.0 Å². The Morgan fingerprint density at radius 3 is 2.94 bits per heavy atom. The Kier molecular flexibility index (Phi) is 5.24.